The van der Waals surface area contributed by atoms with Crippen LogP contribution >= 0.6 is 11.6 Å². The van der Waals surface area contributed by atoms with E-state index in [2.05, 4.69) is 20.3 Å². The fraction of sp³-hybridized carbons (Fsp3) is 0.333. The van der Waals surface area contributed by atoms with Crippen molar-refractivity contribution in [1.82, 2.24) is 15.0 Å². The smallest absolute Gasteiger partial charge is 0.370 e. The molecule has 2 rings (SSSR count). The van der Waals surface area contributed by atoms with Crippen molar-refractivity contribution < 1.29 is 13.2 Å². The maximum absolute atomic E-state index is 12.6. The predicted octanol–water partition coefficient (Wildman–Crippen LogP) is 3.52. The van der Waals surface area contributed by atoms with Gasteiger partial charge < -0.3 is 10.3 Å². The Balaban J connectivity index is 1.91. The fourth-order valence-electron chi connectivity index (χ4n) is 1.66. The highest BCUT2D eigenvalue weighted by molar-refractivity contribution is 6.29. The Labute approximate surface area is 118 Å². The molecule has 0 radical (unpaired) electrons. The molecule has 0 amide bonds. The Kier molecular flexibility index (Phi) is 4.49. The number of alkyl halides is 3. The van der Waals surface area contributed by atoms with Crippen molar-refractivity contribution in [3.63, 3.8) is 0 Å². The van der Waals surface area contributed by atoms with Gasteiger partial charge in [-0.3, -0.25) is 0 Å². The van der Waals surface area contributed by atoms with Crippen molar-refractivity contribution in [1.29, 1.82) is 0 Å². The van der Waals surface area contributed by atoms with Gasteiger partial charge in [-0.1, -0.05) is 11.6 Å². The molecule has 0 fully saturated rings. The van der Waals surface area contributed by atoms with Crippen LogP contribution < -0.4 is 5.32 Å². The lowest BCUT2D eigenvalue weighted by molar-refractivity contribution is -0.137. The first-order chi connectivity index (χ1) is 9.45. The molecule has 4 nitrogen and oxygen atoms in total. The third kappa shape index (κ3) is 4.12. The molecule has 0 atom stereocenters. The topological polar surface area (TPSA) is 53.6 Å². The summed E-state index contributed by atoms with van der Waals surface area (Å²) < 4.78 is 37.8. The minimum absolute atomic E-state index is 0.115. The lowest BCUT2D eigenvalue weighted by atomic mass is 10.2. The van der Waals surface area contributed by atoms with Gasteiger partial charge in [-0.25, -0.2) is 9.97 Å². The van der Waals surface area contributed by atoms with Gasteiger partial charge in [0.25, 0.3) is 0 Å². The average Bonchev–Trinajstić information content (AvgIpc) is 2.86. The summed E-state index contributed by atoms with van der Waals surface area (Å²) in [5.41, 5.74) is -0.814. The Morgan fingerprint density at radius 3 is 2.75 bits per heavy atom. The largest absolute Gasteiger partial charge is 0.416 e. The van der Waals surface area contributed by atoms with Gasteiger partial charge in [0.1, 0.15) is 16.8 Å². The summed E-state index contributed by atoms with van der Waals surface area (Å²) >= 11 is 5.58. The molecular weight excluding hydrogens is 293 g/mol. The maximum Gasteiger partial charge on any atom is 0.416 e. The third-order valence-corrected chi connectivity index (χ3v) is 2.77. The first-order valence-corrected chi connectivity index (χ1v) is 6.30. The van der Waals surface area contributed by atoms with Crippen LogP contribution in [0, 0.1) is 0 Å². The van der Waals surface area contributed by atoms with Crippen LogP contribution in [0.5, 0.6) is 0 Å². The zero-order chi connectivity index (χ0) is 14.6. The number of hydrogen-bond donors (Lipinski definition) is 2. The molecule has 2 N–H and O–H groups in total. The highest BCUT2D eigenvalue weighted by Crippen LogP contribution is 2.31. The molecule has 2 aromatic rings. The summed E-state index contributed by atoms with van der Waals surface area (Å²) in [6, 6.07) is 1.74. The summed E-state index contributed by atoms with van der Waals surface area (Å²) in [7, 11) is 0. The van der Waals surface area contributed by atoms with E-state index in [1.807, 2.05) is 0 Å². The molecule has 0 aliphatic heterocycles. The number of aromatic amines is 1. The number of nitrogens with one attached hydrogen (secondary N) is 2. The molecule has 0 unspecified atom stereocenters. The zero-order valence-electron chi connectivity index (χ0n) is 10.3. The molecule has 0 aliphatic rings. The van der Waals surface area contributed by atoms with Crippen LogP contribution in [0.1, 0.15) is 17.8 Å². The van der Waals surface area contributed by atoms with Crippen LogP contribution in [-0.2, 0) is 12.6 Å². The summed E-state index contributed by atoms with van der Waals surface area (Å²) in [6.45, 7) is 0.478. The summed E-state index contributed by atoms with van der Waals surface area (Å²) in [5, 5.41) is 2.64. The van der Waals surface area contributed by atoms with E-state index >= 15 is 0 Å². The van der Waals surface area contributed by atoms with E-state index in [1.165, 1.54) is 0 Å². The average molecular weight is 305 g/mol. The van der Waals surface area contributed by atoms with Gasteiger partial charge in [0, 0.05) is 25.4 Å². The molecule has 0 saturated heterocycles. The second-order valence-electron chi connectivity index (χ2n) is 4.13. The number of aryl methyl sites for hydroxylation is 1. The molecule has 20 heavy (non-hydrogen) atoms. The zero-order valence-corrected chi connectivity index (χ0v) is 11.1. The molecule has 0 saturated carbocycles. The van der Waals surface area contributed by atoms with Crippen molar-refractivity contribution >= 4 is 17.4 Å². The first kappa shape index (κ1) is 14.6. The van der Waals surface area contributed by atoms with Gasteiger partial charge in [0.05, 0.1) is 5.56 Å². The van der Waals surface area contributed by atoms with E-state index in [4.69, 9.17) is 11.6 Å². The summed E-state index contributed by atoms with van der Waals surface area (Å²) in [5.74, 6) is 0.950. The van der Waals surface area contributed by atoms with Gasteiger partial charge in [-0.15, -0.1) is 0 Å². The van der Waals surface area contributed by atoms with Crippen LogP contribution in [0.2, 0.25) is 5.15 Å². The van der Waals surface area contributed by atoms with Crippen molar-refractivity contribution in [3.05, 3.63) is 41.1 Å². The van der Waals surface area contributed by atoms with Gasteiger partial charge in [0.2, 0.25) is 0 Å². The number of anilines is 1. The van der Waals surface area contributed by atoms with Crippen LogP contribution in [0.3, 0.4) is 0 Å². The van der Waals surface area contributed by atoms with E-state index in [9.17, 15) is 13.2 Å². The predicted molar refractivity (Wildman–Crippen MR) is 69.6 cm³/mol. The Morgan fingerprint density at radius 1 is 1.30 bits per heavy atom. The Bertz CT molecular complexity index is 554. The van der Waals surface area contributed by atoms with Gasteiger partial charge >= 0.3 is 6.18 Å². The van der Waals surface area contributed by atoms with Crippen LogP contribution in [0.4, 0.5) is 19.0 Å². The van der Waals surface area contributed by atoms with E-state index in [0.717, 1.165) is 18.0 Å². The van der Waals surface area contributed by atoms with Crippen molar-refractivity contribution in [3.8, 4) is 0 Å². The molecule has 0 aromatic carbocycles. The van der Waals surface area contributed by atoms with E-state index in [1.54, 1.807) is 12.4 Å². The summed E-state index contributed by atoms with van der Waals surface area (Å²) in [4.78, 5) is 10.8. The molecule has 2 heterocycles. The van der Waals surface area contributed by atoms with E-state index in [-0.39, 0.29) is 11.0 Å². The number of nitrogens with zero attached hydrogens (tertiary/aromatic N) is 2. The van der Waals surface area contributed by atoms with Gasteiger partial charge in [0.15, 0.2) is 0 Å². The Morgan fingerprint density at radius 2 is 2.10 bits per heavy atom. The summed E-state index contributed by atoms with van der Waals surface area (Å²) in [6.07, 6.45) is 0.348. The number of halogens is 4. The lowest BCUT2D eigenvalue weighted by Gasteiger charge is -2.10. The van der Waals surface area contributed by atoms with Crippen LogP contribution in [0.15, 0.2) is 24.5 Å². The lowest BCUT2D eigenvalue weighted by Crippen LogP contribution is -2.09. The minimum atomic E-state index is -4.43. The van der Waals surface area contributed by atoms with Crippen LogP contribution in [-0.4, -0.2) is 21.5 Å². The molecular formula is C12H12ClF3N4. The standard InChI is InChI=1S/C12H12ClF3N4/c13-9-6-8(12(14,15)16)7-11(20-9)17-3-1-2-10-18-4-5-19-10/h4-7H,1-3H2,(H,17,20)(H,18,19). The second-order valence-corrected chi connectivity index (χ2v) is 4.51. The SMILES string of the molecule is FC(F)(F)c1cc(Cl)nc(NCCCc2ncc[nH]2)c1. The first-order valence-electron chi connectivity index (χ1n) is 5.92. The number of imidazole rings is 1. The number of rotatable bonds is 5. The molecule has 2 aromatic heterocycles. The second kappa shape index (κ2) is 6.13. The molecule has 8 heteroatoms. The monoisotopic (exact) mass is 304 g/mol. The highest BCUT2D eigenvalue weighted by atomic mass is 35.5. The normalized spacial score (nSPS) is 11.6. The van der Waals surface area contributed by atoms with Crippen molar-refractivity contribution in [2.45, 2.75) is 19.0 Å². The fourth-order valence-corrected chi connectivity index (χ4v) is 1.87. The molecule has 0 spiro atoms. The minimum Gasteiger partial charge on any atom is -0.370 e. The Hall–Kier alpha value is -1.76. The van der Waals surface area contributed by atoms with E-state index in [0.29, 0.717) is 19.4 Å². The number of pyridine rings is 1. The highest BCUT2D eigenvalue weighted by Gasteiger charge is 2.31. The van der Waals surface area contributed by atoms with Gasteiger partial charge in [-0.05, 0) is 18.6 Å². The number of aromatic nitrogens is 3. The van der Waals surface area contributed by atoms with Crippen molar-refractivity contribution in [2.75, 3.05) is 11.9 Å². The van der Waals surface area contributed by atoms with Crippen molar-refractivity contribution in [2.24, 2.45) is 0 Å². The van der Waals surface area contributed by atoms with Gasteiger partial charge in [-0.2, -0.15) is 13.2 Å². The third-order valence-electron chi connectivity index (χ3n) is 2.57. The molecule has 0 aliphatic carbocycles. The van der Waals surface area contributed by atoms with E-state index < -0.39 is 11.7 Å². The number of hydrogen-bond acceptors (Lipinski definition) is 3. The molecule has 108 valence electrons. The quantitative estimate of drug-likeness (QED) is 0.656. The maximum atomic E-state index is 12.6. The number of H-pyrrole nitrogens is 1. The van der Waals surface area contributed by atoms with Crippen LogP contribution in [0.25, 0.3) is 0 Å². The molecule has 0 bridgehead atoms.